The maximum atomic E-state index is 13.5. The molecule has 5 rings (SSSR count). The second-order valence-electron chi connectivity index (χ2n) is 7.97. The molecule has 5 aromatic rings. The van der Waals surface area contributed by atoms with Gasteiger partial charge in [-0.05, 0) is 48.9 Å². The van der Waals surface area contributed by atoms with E-state index in [2.05, 4.69) is 16.4 Å². The highest BCUT2D eigenvalue weighted by molar-refractivity contribution is 7.15. The predicted octanol–water partition coefficient (Wildman–Crippen LogP) is 6.67. The van der Waals surface area contributed by atoms with Gasteiger partial charge in [0.05, 0.1) is 30.9 Å². The minimum Gasteiger partial charge on any atom is -0.493 e. The van der Waals surface area contributed by atoms with E-state index in [0.29, 0.717) is 55.5 Å². The third-order valence-electron chi connectivity index (χ3n) is 5.78. The molecule has 0 radical (unpaired) electrons. The molecule has 7 nitrogen and oxygen atoms in total. The Hall–Kier alpha value is -4.61. The van der Waals surface area contributed by atoms with Gasteiger partial charge in [-0.3, -0.25) is 4.79 Å². The smallest absolute Gasteiger partial charge is 0.257 e. The highest BCUT2D eigenvalue weighted by Crippen LogP contribution is 2.39. The second-order valence-corrected chi connectivity index (χ2v) is 8.85. The molecule has 36 heavy (non-hydrogen) atoms. The summed E-state index contributed by atoms with van der Waals surface area (Å²) in [5.74, 6) is 2.15. The predicted molar refractivity (Wildman–Crippen MR) is 140 cm³/mol. The number of fused-ring (bicyclic) bond motifs is 1. The summed E-state index contributed by atoms with van der Waals surface area (Å²) in [6.07, 6.45) is 0. The Morgan fingerprint density at radius 3 is 2.58 bits per heavy atom. The Balaban J connectivity index is 1.53. The van der Waals surface area contributed by atoms with E-state index in [0.717, 1.165) is 11.3 Å². The maximum absolute atomic E-state index is 13.5. The highest BCUT2D eigenvalue weighted by atomic mass is 32.1. The summed E-state index contributed by atoms with van der Waals surface area (Å²) in [6, 6.07) is 20.5. The molecular weight excluding hydrogens is 474 g/mol. The SMILES string of the molecule is COc1ccc(-c2csc(NC(=O)c3cc(-c4ccc(C)o4)nc4ccccc34)c2C#N)cc1OC. The van der Waals surface area contributed by atoms with Crippen molar-refractivity contribution in [3.8, 4) is 40.1 Å². The minimum absolute atomic E-state index is 0.338. The molecule has 0 aliphatic carbocycles. The first kappa shape index (κ1) is 23.1. The van der Waals surface area contributed by atoms with Crippen molar-refractivity contribution >= 4 is 33.1 Å². The first-order valence-corrected chi connectivity index (χ1v) is 11.9. The Labute approximate surface area is 211 Å². The first-order valence-electron chi connectivity index (χ1n) is 11.0. The van der Waals surface area contributed by atoms with Gasteiger partial charge in [0.15, 0.2) is 17.3 Å². The van der Waals surface area contributed by atoms with Gasteiger partial charge in [0.25, 0.3) is 5.91 Å². The van der Waals surface area contributed by atoms with Crippen LogP contribution >= 0.6 is 11.3 Å². The number of anilines is 1. The average Bonchev–Trinajstić information content (AvgIpc) is 3.53. The number of para-hydroxylation sites is 1. The van der Waals surface area contributed by atoms with Crippen molar-refractivity contribution < 1.29 is 18.7 Å². The third kappa shape index (κ3) is 4.17. The van der Waals surface area contributed by atoms with Crippen molar-refractivity contribution in [2.75, 3.05) is 19.5 Å². The van der Waals surface area contributed by atoms with Crippen LogP contribution in [0.1, 0.15) is 21.7 Å². The molecule has 8 heteroatoms. The summed E-state index contributed by atoms with van der Waals surface area (Å²) in [6.45, 7) is 1.86. The summed E-state index contributed by atoms with van der Waals surface area (Å²) in [5.41, 5.74) is 3.53. The number of ether oxygens (including phenoxy) is 2. The zero-order valence-corrected chi connectivity index (χ0v) is 20.6. The van der Waals surface area contributed by atoms with Crippen LogP contribution in [0.25, 0.3) is 33.5 Å². The van der Waals surface area contributed by atoms with Gasteiger partial charge in [0, 0.05) is 16.3 Å². The van der Waals surface area contributed by atoms with Gasteiger partial charge in [-0.25, -0.2) is 4.98 Å². The van der Waals surface area contributed by atoms with Gasteiger partial charge in [0.2, 0.25) is 0 Å². The lowest BCUT2D eigenvalue weighted by atomic mass is 10.0. The van der Waals surface area contributed by atoms with Crippen molar-refractivity contribution in [1.29, 1.82) is 5.26 Å². The topological polar surface area (TPSA) is 97.4 Å². The zero-order valence-electron chi connectivity index (χ0n) is 19.8. The molecule has 0 saturated carbocycles. The number of amides is 1. The van der Waals surface area contributed by atoms with E-state index >= 15 is 0 Å². The Bertz CT molecular complexity index is 1640. The number of carbonyl (C=O) groups is 1. The second kappa shape index (κ2) is 9.56. The number of nitrogens with zero attached hydrogens (tertiary/aromatic N) is 2. The molecule has 0 fully saturated rings. The number of hydrogen-bond acceptors (Lipinski definition) is 7. The van der Waals surface area contributed by atoms with Crippen molar-refractivity contribution in [3.05, 3.63) is 82.9 Å². The Kier molecular flexibility index (Phi) is 6.15. The molecule has 0 atom stereocenters. The van der Waals surface area contributed by atoms with Crippen LogP contribution in [0.4, 0.5) is 5.00 Å². The van der Waals surface area contributed by atoms with Crippen LogP contribution in [0, 0.1) is 18.3 Å². The van der Waals surface area contributed by atoms with Crippen LogP contribution in [-0.4, -0.2) is 25.1 Å². The molecule has 3 heterocycles. The van der Waals surface area contributed by atoms with Gasteiger partial charge in [0.1, 0.15) is 22.5 Å². The molecular formula is C28H21N3O4S. The molecule has 178 valence electrons. The van der Waals surface area contributed by atoms with Gasteiger partial charge in [-0.1, -0.05) is 24.3 Å². The summed E-state index contributed by atoms with van der Waals surface area (Å²) in [7, 11) is 3.13. The number of nitriles is 1. The zero-order chi connectivity index (χ0) is 25.2. The van der Waals surface area contributed by atoms with Crippen molar-refractivity contribution in [3.63, 3.8) is 0 Å². The number of furan rings is 1. The van der Waals surface area contributed by atoms with Crippen LogP contribution < -0.4 is 14.8 Å². The number of benzene rings is 2. The van der Waals surface area contributed by atoms with E-state index in [1.807, 2.05) is 54.8 Å². The summed E-state index contributed by atoms with van der Waals surface area (Å²) in [4.78, 5) is 18.2. The molecule has 0 aliphatic rings. The van der Waals surface area contributed by atoms with Gasteiger partial charge < -0.3 is 19.2 Å². The highest BCUT2D eigenvalue weighted by Gasteiger charge is 2.20. The normalized spacial score (nSPS) is 10.7. The fourth-order valence-corrected chi connectivity index (χ4v) is 4.92. The summed E-state index contributed by atoms with van der Waals surface area (Å²) in [5, 5.41) is 15.9. The first-order chi connectivity index (χ1) is 17.5. The molecule has 3 aromatic heterocycles. The summed E-state index contributed by atoms with van der Waals surface area (Å²) >= 11 is 1.29. The van der Waals surface area contributed by atoms with Crippen LogP contribution in [0.3, 0.4) is 0 Å². The molecule has 0 saturated heterocycles. The fraction of sp³-hybridized carbons (Fsp3) is 0.107. The summed E-state index contributed by atoms with van der Waals surface area (Å²) < 4.78 is 16.5. The molecule has 0 aliphatic heterocycles. The minimum atomic E-state index is -0.338. The molecule has 2 aromatic carbocycles. The fourth-order valence-electron chi connectivity index (χ4n) is 4.01. The molecule has 0 spiro atoms. The third-order valence-corrected chi connectivity index (χ3v) is 6.67. The van der Waals surface area contributed by atoms with Crippen molar-refractivity contribution in [1.82, 2.24) is 4.98 Å². The van der Waals surface area contributed by atoms with E-state index in [1.54, 1.807) is 32.4 Å². The van der Waals surface area contributed by atoms with Crippen LogP contribution in [0.15, 0.2) is 70.5 Å². The maximum Gasteiger partial charge on any atom is 0.257 e. The number of thiophene rings is 1. The Morgan fingerprint density at radius 1 is 1.06 bits per heavy atom. The van der Waals surface area contributed by atoms with E-state index in [-0.39, 0.29) is 5.91 Å². The number of pyridine rings is 1. The van der Waals surface area contributed by atoms with Crippen molar-refractivity contribution in [2.24, 2.45) is 0 Å². The average molecular weight is 496 g/mol. The number of aryl methyl sites for hydroxylation is 1. The monoisotopic (exact) mass is 495 g/mol. The molecule has 0 bridgehead atoms. The number of rotatable bonds is 6. The quantitative estimate of drug-likeness (QED) is 0.282. The van der Waals surface area contributed by atoms with E-state index in [1.165, 1.54) is 11.3 Å². The number of nitrogens with one attached hydrogen (secondary N) is 1. The van der Waals surface area contributed by atoms with Crippen LogP contribution in [0.5, 0.6) is 11.5 Å². The molecule has 1 amide bonds. The lowest BCUT2D eigenvalue weighted by Gasteiger charge is -2.10. The lowest BCUT2D eigenvalue weighted by molar-refractivity contribution is 0.102. The number of carbonyl (C=O) groups excluding carboxylic acids is 1. The lowest BCUT2D eigenvalue weighted by Crippen LogP contribution is -2.13. The number of aromatic nitrogens is 1. The van der Waals surface area contributed by atoms with Crippen LogP contribution in [0.2, 0.25) is 0 Å². The standard InChI is InChI=1S/C28H21N3O4S/c1-16-8-10-24(35-16)23-13-19(18-6-4-5-7-22(18)30-23)27(32)31-28-20(14-29)21(15-36-28)17-9-11-25(33-2)26(12-17)34-3/h4-13,15H,1-3H3,(H,31,32). The van der Waals surface area contributed by atoms with Crippen LogP contribution in [-0.2, 0) is 0 Å². The molecule has 1 N–H and O–H groups in total. The molecule has 0 unspecified atom stereocenters. The largest absolute Gasteiger partial charge is 0.493 e. The number of methoxy groups -OCH3 is 2. The number of hydrogen-bond donors (Lipinski definition) is 1. The van der Waals surface area contributed by atoms with E-state index in [9.17, 15) is 10.1 Å². The van der Waals surface area contributed by atoms with Crippen molar-refractivity contribution in [2.45, 2.75) is 6.92 Å². The van der Waals surface area contributed by atoms with E-state index in [4.69, 9.17) is 13.9 Å². The Morgan fingerprint density at radius 2 is 1.86 bits per heavy atom. The van der Waals surface area contributed by atoms with Gasteiger partial charge in [-0.2, -0.15) is 5.26 Å². The van der Waals surface area contributed by atoms with Gasteiger partial charge in [-0.15, -0.1) is 11.3 Å². The van der Waals surface area contributed by atoms with E-state index < -0.39 is 0 Å². The van der Waals surface area contributed by atoms with Gasteiger partial charge >= 0.3 is 0 Å².